The van der Waals surface area contributed by atoms with Gasteiger partial charge in [-0.3, -0.25) is 5.01 Å². The second-order valence-electron chi connectivity index (χ2n) is 6.73. The van der Waals surface area contributed by atoms with Gasteiger partial charge in [-0.25, -0.2) is 5.01 Å². The molecule has 1 unspecified atom stereocenters. The standard InChI is InChI=1S/C23H23N3S/c27-23(24-21-14-8-3-9-15-21)26-22(20-12-6-2-7-13-20)16-17-25(26)18-19-10-4-1-5-11-19/h1-15,22H,16-18H2,(H,24,27). The van der Waals surface area contributed by atoms with Crippen LogP contribution in [0.5, 0.6) is 0 Å². The summed E-state index contributed by atoms with van der Waals surface area (Å²) in [6.45, 7) is 1.83. The number of hydrazine groups is 1. The van der Waals surface area contributed by atoms with Crippen LogP contribution in [0.1, 0.15) is 23.6 Å². The lowest BCUT2D eigenvalue weighted by Crippen LogP contribution is -2.44. The molecule has 3 nitrogen and oxygen atoms in total. The van der Waals surface area contributed by atoms with Crippen LogP contribution in [0.2, 0.25) is 0 Å². The number of hydrogen-bond donors (Lipinski definition) is 1. The molecule has 0 aromatic heterocycles. The molecule has 3 aromatic rings. The number of hydrogen-bond acceptors (Lipinski definition) is 2. The van der Waals surface area contributed by atoms with E-state index in [2.05, 4.69) is 76.0 Å². The van der Waals surface area contributed by atoms with Crippen molar-refractivity contribution in [2.45, 2.75) is 19.0 Å². The van der Waals surface area contributed by atoms with Crippen LogP contribution in [0.25, 0.3) is 0 Å². The Hall–Kier alpha value is -2.69. The van der Waals surface area contributed by atoms with Crippen LogP contribution in [0.4, 0.5) is 5.69 Å². The Balaban J connectivity index is 1.60. The third-order valence-electron chi connectivity index (χ3n) is 4.89. The van der Waals surface area contributed by atoms with Crippen molar-refractivity contribution >= 4 is 23.0 Å². The molecule has 136 valence electrons. The number of anilines is 1. The van der Waals surface area contributed by atoms with Gasteiger partial charge in [-0.1, -0.05) is 78.9 Å². The van der Waals surface area contributed by atoms with Gasteiger partial charge in [-0.15, -0.1) is 0 Å². The third kappa shape index (κ3) is 4.18. The second kappa shape index (κ2) is 8.33. The van der Waals surface area contributed by atoms with Crippen molar-refractivity contribution in [2.24, 2.45) is 0 Å². The average Bonchev–Trinajstić information content (AvgIpc) is 3.14. The molecule has 0 bridgehead atoms. The fraction of sp³-hybridized carbons (Fsp3) is 0.174. The lowest BCUT2D eigenvalue weighted by atomic mass is 10.1. The summed E-state index contributed by atoms with van der Waals surface area (Å²) < 4.78 is 0. The van der Waals surface area contributed by atoms with Crippen molar-refractivity contribution in [1.82, 2.24) is 10.0 Å². The second-order valence-corrected chi connectivity index (χ2v) is 7.12. The van der Waals surface area contributed by atoms with E-state index >= 15 is 0 Å². The highest BCUT2D eigenvalue weighted by molar-refractivity contribution is 7.80. The first kappa shape index (κ1) is 17.7. The number of para-hydroxylation sites is 1. The summed E-state index contributed by atoms with van der Waals surface area (Å²) in [7, 11) is 0. The molecule has 0 saturated carbocycles. The molecule has 1 saturated heterocycles. The van der Waals surface area contributed by atoms with Crippen LogP contribution in [0.15, 0.2) is 91.0 Å². The summed E-state index contributed by atoms with van der Waals surface area (Å²) in [5.74, 6) is 0. The first-order valence-electron chi connectivity index (χ1n) is 9.30. The molecule has 3 aromatic carbocycles. The molecule has 0 amide bonds. The van der Waals surface area contributed by atoms with Gasteiger partial charge in [0.05, 0.1) is 6.04 Å². The number of thiocarbonyl (C=S) groups is 1. The van der Waals surface area contributed by atoms with Crippen LogP contribution >= 0.6 is 12.2 Å². The van der Waals surface area contributed by atoms with E-state index in [1.807, 2.05) is 30.3 Å². The summed E-state index contributed by atoms with van der Waals surface area (Å²) in [4.78, 5) is 0. The monoisotopic (exact) mass is 373 g/mol. The maximum atomic E-state index is 5.84. The highest BCUT2D eigenvalue weighted by atomic mass is 32.1. The van der Waals surface area contributed by atoms with Crippen LogP contribution in [0, 0.1) is 0 Å². The SMILES string of the molecule is S=C(Nc1ccccc1)N1C(c2ccccc2)CCN1Cc1ccccc1. The predicted molar refractivity (Wildman–Crippen MR) is 115 cm³/mol. The van der Waals surface area contributed by atoms with Gasteiger partial charge in [0.25, 0.3) is 0 Å². The predicted octanol–water partition coefficient (Wildman–Crippen LogP) is 5.25. The van der Waals surface area contributed by atoms with E-state index in [0.29, 0.717) is 0 Å². The van der Waals surface area contributed by atoms with Crippen LogP contribution < -0.4 is 5.32 Å². The van der Waals surface area contributed by atoms with Gasteiger partial charge in [-0.05, 0) is 41.9 Å². The van der Waals surface area contributed by atoms with E-state index in [9.17, 15) is 0 Å². The number of benzene rings is 3. The van der Waals surface area contributed by atoms with E-state index < -0.39 is 0 Å². The van der Waals surface area contributed by atoms with Gasteiger partial charge >= 0.3 is 0 Å². The molecule has 27 heavy (non-hydrogen) atoms. The Morgan fingerprint density at radius 3 is 2.11 bits per heavy atom. The molecule has 1 N–H and O–H groups in total. The van der Waals surface area contributed by atoms with Crippen molar-refractivity contribution in [2.75, 3.05) is 11.9 Å². The van der Waals surface area contributed by atoms with Crippen molar-refractivity contribution in [3.63, 3.8) is 0 Å². The zero-order valence-corrected chi connectivity index (χ0v) is 16.0. The Kier molecular flexibility index (Phi) is 5.47. The minimum absolute atomic E-state index is 0.249. The average molecular weight is 374 g/mol. The molecule has 1 aliphatic heterocycles. The largest absolute Gasteiger partial charge is 0.332 e. The number of nitrogens with zero attached hydrogens (tertiary/aromatic N) is 2. The van der Waals surface area contributed by atoms with E-state index in [1.54, 1.807) is 0 Å². The van der Waals surface area contributed by atoms with Crippen molar-refractivity contribution in [1.29, 1.82) is 0 Å². The van der Waals surface area contributed by atoms with Crippen molar-refractivity contribution in [3.05, 3.63) is 102 Å². The number of nitrogens with one attached hydrogen (secondary N) is 1. The maximum absolute atomic E-state index is 5.84. The first-order valence-corrected chi connectivity index (χ1v) is 9.71. The molecule has 1 heterocycles. The highest BCUT2D eigenvalue weighted by Gasteiger charge is 2.34. The van der Waals surface area contributed by atoms with Crippen LogP contribution in [-0.4, -0.2) is 21.7 Å². The van der Waals surface area contributed by atoms with Crippen molar-refractivity contribution < 1.29 is 0 Å². The van der Waals surface area contributed by atoms with Gasteiger partial charge in [0.15, 0.2) is 5.11 Å². The Morgan fingerprint density at radius 2 is 1.44 bits per heavy atom. The zero-order valence-electron chi connectivity index (χ0n) is 15.2. The summed E-state index contributed by atoms with van der Waals surface area (Å²) in [6.07, 6.45) is 1.05. The first-order chi connectivity index (χ1) is 13.3. The van der Waals surface area contributed by atoms with Gasteiger partial charge in [-0.2, -0.15) is 0 Å². The van der Waals surface area contributed by atoms with Gasteiger partial charge in [0.2, 0.25) is 0 Å². The molecule has 4 heteroatoms. The summed E-state index contributed by atoms with van der Waals surface area (Å²) in [6, 6.07) is 31.6. The normalized spacial score (nSPS) is 17.0. The summed E-state index contributed by atoms with van der Waals surface area (Å²) in [5, 5.41) is 8.76. The topological polar surface area (TPSA) is 18.5 Å². The molecule has 1 fully saturated rings. The Labute approximate surface area is 166 Å². The molecular weight excluding hydrogens is 350 g/mol. The molecule has 0 aliphatic carbocycles. The van der Waals surface area contributed by atoms with Crippen LogP contribution in [-0.2, 0) is 6.54 Å². The van der Waals surface area contributed by atoms with Crippen LogP contribution in [0.3, 0.4) is 0 Å². The molecule has 1 atom stereocenters. The zero-order chi connectivity index (χ0) is 18.5. The van der Waals surface area contributed by atoms with E-state index in [1.165, 1.54) is 11.1 Å². The van der Waals surface area contributed by atoms with E-state index in [-0.39, 0.29) is 6.04 Å². The third-order valence-corrected chi connectivity index (χ3v) is 5.18. The lowest BCUT2D eigenvalue weighted by Gasteiger charge is -2.35. The fourth-order valence-electron chi connectivity index (χ4n) is 3.60. The maximum Gasteiger partial charge on any atom is 0.188 e. The fourth-order valence-corrected chi connectivity index (χ4v) is 3.96. The summed E-state index contributed by atoms with van der Waals surface area (Å²) >= 11 is 5.84. The van der Waals surface area contributed by atoms with E-state index in [4.69, 9.17) is 12.2 Å². The Bertz CT molecular complexity index is 868. The Morgan fingerprint density at radius 1 is 0.852 bits per heavy atom. The van der Waals surface area contributed by atoms with Gasteiger partial charge < -0.3 is 5.32 Å². The lowest BCUT2D eigenvalue weighted by molar-refractivity contribution is 0.0692. The molecule has 4 rings (SSSR count). The summed E-state index contributed by atoms with van der Waals surface area (Å²) in [5.41, 5.74) is 3.60. The minimum atomic E-state index is 0.249. The van der Waals surface area contributed by atoms with Gasteiger partial charge in [0, 0.05) is 18.8 Å². The van der Waals surface area contributed by atoms with Crippen molar-refractivity contribution in [3.8, 4) is 0 Å². The highest BCUT2D eigenvalue weighted by Crippen LogP contribution is 2.34. The molecule has 0 spiro atoms. The quantitative estimate of drug-likeness (QED) is 0.630. The minimum Gasteiger partial charge on any atom is -0.332 e. The number of rotatable bonds is 4. The molecule has 0 radical (unpaired) electrons. The van der Waals surface area contributed by atoms with E-state index in [0.717, 1.165) is 30.3 Å². The van der Waals surface area contributed by atoms with Gasteiger partial charge in [0.1, 0.15) is 0 Å². The molecule has 1 aliphatic rings. The molecular formula is C23H23N3S. The smallest absolute Gasteiger partial charge is 0.188 e.